The number of rotatable bonds is 5. The molecule has 0 spiro atoms. The molecule has 0 radical (unpaired) electrons. The fourth-order valence-corrected chi connectivity index (χ4v) is 4.96. The van der Waals surface area contributed by atoms with Crippen molar-refractivity contribution in [3.05, 3.63) is 59.5 Å². The molecule has 1 unspecified atom stereocenters. The molecule has 1 aliphatic heterocycles. The molecule has 0 aliphatic carbocycles. The summed E-state index contributed by atoms with van der Waals surface area (Å²) in [6.45, 7) is 2.29. The van der Waals surface area contributed by atoms with Gasteiger partial charge in [-0.05, 0) is 49.2 Å². The molecular weight excluding hydrogens is 378 g/mol. The zero-order valence-electron chi connectivity index (χ0n) is 15.7. The molecular formula is C19H21N5O3S. The number of pyridine rings is 1. The van der Waals surface area contributed by atoms with E-state index in [-0.39, 0.29) is 11.9 Å². The van der Waals surface area contributed by atoms with E-state index in [0.29, 0.717) is 30.6 Å². The smallest absolute Gasteiger partial charge is 0.251 e. The molecule has 1 N–H and O–H groups in total. The number of benzene rings is 1. The van der Waals surface area contributed by atoms with Gasteiger partial charge < -0.3 is 5.32 Å². The molecule has 3 heterocycles. The van der Waals surface area contributed by atoms with Crippen LogP contribution in [-0.4, -0.2) is 47.8 Å². The Morgan fingerprint density at radius 3 is 2.86 bits per heavy atom. The number of hydrogen-bond donors (Lipinski definition) is 1. The molecule has 1 atom stereocenters. The van der Waals surface area contributed by atoms with E-state index < -0.39 is 10.0 Å². The lowest BCUT2D eigenvalue weighted by atomic mass is 10.1. The van der Waals surface area contributed by atoms with Crippen LogP contribution in [0.25, 0.3) is 5.65 Å². The number of aromatic nitrogens is 3. The Kier molecular flexibility index (Phi) is 4.54. The molecule has 3 aromatic rings. The van der Waals surface area contributed by atoms with Crippen LogP contribution in [0.3, 0.4) is 0 Å². The van der Waals surface area contributed by atoms with Crippen LogP contribution in [0.2, 0.25) is 0 Å². The highest BCUT2D eigenvalue weighted by atomic mass is 32.2. The molecule has 9 heteroatoms. The summed E-state index contributed by atoms with van der Waals surface area (Å²) in [6, 6.07) is 10.7. The molecule has 4 rings (SSSR count). The first kappa shape index (κ1) is 18.4. The summed E-state index contributed by atoms with van der Waals surface area (Å²) in [6.07, 6.45) is 4.24. The zero-order chi connectivity index (χ0) is 19.9. The van der Waals surface area contributed by atoms with Gasteiger partial charge in [0, 0.05) is 30.8 Å². The Morgan fingerprint density at radius 2 is 2.07 bits per heavy atom. The van der Waals surface area contributed by atoms with Crippen molar-refractivity contribution < 1.29 is 13.2 Å². The molecule has 0 saturated heterocycles. The third kappa shape index (κ3) is 3.33. The van der Waals surface area contributed by atoms with E-state index in [9.17, 15) is 13.2 Å². The molecule has 146 valence electrons. The van der Waals surface area contributed by atoms with Crippen LogP contribution < -0.4 is 9.62 Å². The second kappa shape index (κ2) is 6.90. The maximum absolute atomic E-state index is 12.5. The highest BCUT2D eigenvalue weighted by Gasteiger charge is 2.32. The van der Waals surface area contributed by atoms with Crippen molar-refractivity contribution in [1.29, 1.82) is 0 Å². The molecule has 0 saturated carbocycles. The van der Waals surface area contributed by atoms with Gasteiger partial charge in [-0.1, -0.05) is 6.07 Å². The number of nitrogens with zero attached hydrogens (tertiary/aromatic N) is 4. The summed E-state index contributed by atoms with van der Waals surface area (Å²) in [4.78, 5) is 12.5. The largest absolute Gasteiger partial charge is 0.352 e. The van der Waals surface area contributed by atoms with E-state index in [1.54, 1.807) is 18.2 Å². The monoisotopic (exact) mass is 399 g/mol. The van der Waals surface area contributed by atoms with Gasteiger partial charge in [-0.15, -0.1) is 10.2 Å². The van der Waals surface area contributed by atoms with Gasteiger partial charge in [-0.25, -0.2) is 8.42 Å². The molecule has 0 bridgehead atoms. The third-order valence-corrected chi connectivity index (χ3v) is 6.14. The fourth-order valence-electron chi connectivity index (χ4n) is 3.70. The predicted octanol–water partition coefficient (Wildman–Crippen LogP) is 1.41. The Balaban J connectivity index is 1.44. The van der Waals surface area contributed by atoms with E-state index >= 15 is 0 Å². The number of nitrogens with one attached hydrogen (secondary N) is 1. The van der Waals surface area contributed by atoms with Crippen LogP contribution in [-0.2, 0) is 22.9 Å². The number of anilines is 1. The minimum Gasteiger partial charge on any atom is -0.352 e. The molecule has 8 nitrogen and oxygen atoms in total. The zero-order valence-corrected chi connectivity index (χ0v) is 16.5. The number of hydrogen-bond acceptors (Lipinski definition) is 5. The van der Waals surface area contributed by atoms with Crippen LogP contribution in [0.5, 0.6) is 0 Å². The predicted molar refractivity (Wildman–Crippen MR) is 106 cm³/mol. The first-order valence-corrected chi connectivity index (χ1v) is 10.9. The Labute approximate surface area is 163 Å². The minimum atomic E-state index is -3.34. The van der Waals surface area contributed by atoms with Crippen LogP contribution in [0.4, 0.5) is 5.69 Å². The second-order valence-corrected chi connectivity index (χ2v) is 8.87. The normalized spacial score (nSPS) is 16.4. The van der Waals surface area contributed by atoms with Gasteiger partial charge in [-0.3, -0.25) is 13.5 Å². The number of fused-ring (bicyclic) bond motifs is 2. The fraction of sp³-hybridized carbons (Fsp3) is 0.316. The lowest BCUT2D eigenvalue weighted by Crippen LogP contribution is -2.34. The SMILES string of the molecule is CC1Cc2cc(C(=O)NCCc3nnc4ccccn34)ccc2N1S(C)(=O)=O. The molecule has 1 aliphatic rings. The summed E-state index contributed by atoms with van der Waals surface area (Å²) in [5, 5.41) is 11.1. The number of carbonyl (C=O) groups is 1. The van der Waals surface area contributed by atoms with Crippen molar-refractivity contribution in [3.63, 3.8) is 0 Å². The van der Waals surface area contributed by atoms with Gasteiger partial charge in [0.25, 0.3) is 5.91 Å². The first-order valence-electron chi connectivity index (χ1n) is 9.04. The molecule has 1 aromatic carbocycles. The van der Waals surface area contributed by atoms with Gasteiger partial charge in [0.1, 0.15) is 5.82 Å². The quantitative estimate of drug-likeness (QED) is 0.700. The van der Waals surface area contributed by atoms with Crippen molar-refractivity contribution in [1.82, 2.24) is 19.9 Å². The van der Waals surface area contributed by atoms with Crippen molar-refractivity contribution in [2.75, 3.05) is 17.1 Å². The summed E-state index contributed by atoms with van der Waals surface area (Å²) < 4.78 is 27.3. The van der Waals surface area contributed by atoms with Gasteiger partial charge in [0.2, 0.25) is 10.0 Å². The van der Waals surface area contributed by atoms with Gasteiger partial charge in [0.05, 0.1) is 11.9 Å². The number of amides is 1. The molecule has 0 fully saturated rings. The van der Waals surface area contributed by atoms with Gasteiger partial charge in [-0.2, -0.15) is 0 Å². The van der Waals surface area contributed by atoms with Crippen LogP contribution in [0, 0.1) is 0 Å². The van der Waals surface area contributed by atoms with Gasteiger partial charge in [0.15, 0.2) is 5.65 Å². The highest BCUT2D eigenvalue weighted by molar-refractivity contribution is 7.92. The van der Waals surface area contributed by atoms with Crippen LogP contribution >= 0.6 is 0 Å². The van der Waals surface area contributed by atoms with E-state index in [2.05, 4.69) is 15.5 Å². The highest BCUT2D eigenvalue weighted by Crippen LogP contribution is 2.34. The third-order valence-electron chi connectivity index (χ3n) is 4.87. The van der Waals surface area contributed by atoms with Gasteiger partial charge >= 0.3 is 0 Å². The summed E-state index contributed by atoms with van der Waals surface area (Å²) in [7, 11) is -3.34. The minimum absolute atomic E-state index is 0.149. The molecule has 2 aromatic heterocycles. The van der Waals surface area contributed by atoms with E-state index in [4.69, 9.17) is 0 Å². The number of sulfonamides is 1. The summed E-state index contributed by atoms with van der Waals surface area (Å²) in [5.74, 6) is 0.588. The summed E-state index contributed by atoms with van der Waals surface area (Å²) >= 11 is 0. The Bertz CT molecular complexity index is 1160. The Hall–Kier alpha value is -2.94. The van der Waals surface area contributed by atoms with Crippen molar-refractivity contribution in [2.24, 2.45) is 0 Å². The second-order valence-electron chi connectivity index (χ2n) is 7.01. The standard InChI is InChI=1S/C19H21N5O3S/c1-13-11-15-12-14(6-7-16(15)24(13)28(2,26)27)19(25)20-9-8-18-22-21-17-5-3-4-10-23(17)18/h3-7,10,12-13H,8-9,11H2,1-2H3,(H,20,25). The van der Waals surface area contributed by atoms with Crippen LogP contribution in [0.1, 0.15) is 28.7 Å². The molecule has 28 heavy (non-hydrogen) atoms. The van der Waals surface area contributed by atoms with Crippen LogP contribution in [0.15, 0.2) is 42.6 Å². The number of carbonyl (C=O) groups excluding carboxylic acids is 1. The lowest BCUT2D eigenvalue weighted by Gasteiger charge is -2.21. The van der Waals surface area contributed by atoms with Crippen molar-refractivity contribution in [2.45, 2.75) is 25.8 Å². The average molecular weight is 399 g/mol. The Morgan fingerprint density at radius 1 is 1.25 bits per heavy atom. The van der Waals surface area contributed by atoms with E-state index in [0.717, 1.165) is 17.0 Å². The van der Waals surface area contributed by atoms with E-state index in [1.165, 1.54) is 10.6 Å². The maximum atomic E-state index is 12.5. The van der Waals surface area contributed by atoms with Crippen molar-refractivity contribution in [3.8, 4) is 0 Å². The average Bonchev–Trinajstić information content (AvgIpc) is 3.20. The molecule has 1 amide bonds. The van der Waals surface area contributed by atoms with E-state index in [1.807, 2.05) is 35.7 Å². The summed E-state index contributed by atoms with van der Waals surface area (Å²) in [5.41, 5.74) is 2.81. The maximum Gasteiger partial charge on any atom is 0.251 e. The topological polar surface area (TPSA) is 96.7 Å². The lowest BCUT2D eigenvalue weighted by molar-refractivity contribution is 0.0954. The van der Waals surface area contributed by atoms with Crippen molar-refractivity contribution >= 4 is 27.3 Å². The first-order chi connectivity index (χ1) is 13.3.